The van der Waals surface area contributed by atoms with Crippen molar-refractivity contribution in [3.05, 3.63) is 82.6 Å². The Labute approximate surface area is 166 Å². The van der Waals surface area contributed by atoms with E-state index in [2.05, 4.69) is 15.7 Å². The molecule has 0 spiro atoms. The summed E-state index contributed by atoms with van der Waals surface area (Å²) in [6.07, 6.45) is 0. The van der Waals surface area contributed by atoms with Crippen LogP contribution in [0, 0.1) is 0 Å². The van der Waals surface area contributed by atoms with E-state index < -0.39 is 0 Å². The summed E-state index contributed by atoms with van der Waals surface area (Å²) in [6, 6.07) is 18.2. The van der Waals surface area contributed by atoms with Gasteiger partial charge in [-0.25, -0.2) is 4.68 Å². The third-order valence-electron chi connectivity index (χ3n) is 4.09. The molecule has 0 aliphatic carbocycles. The molecular formula is C21H20N4O4. The second kappa shape index (κ2) is 9.32. The van der Waals surface area contributed by atoms with E-state index in [4.69, 9.17) is 0 Å². The van der Waals surface area contributed by atoms with Gasteiger partial charge in [0.15, 0.2) is 0 Å². The summed E-state index contributed by atoms with van der Waals surface area (Å²) >= 11 is 0. The Balaban J connectivity index is 1.50. The first-order chi connectivity index (χ1) is 14.0. The fraction of sp³-hybridized carbons (Fsp3) is 0.143. The van der Waals surface area contributed by atoms with Gasteiger partial charge in [0, 0.05) is 30.3 Å². The molecule has 0 aliphatic heterocycles. The molecule has 1 aromatic heterocycles. The van der Waals surface area contributed by atoms with Crippen LogP contribution in [-0.4, -0.2) is 39.8 Å². The third kappa shape index (κ3) is 5.52. The number of nitrogens with one attached hydrogen (secondary N) is 2. The summed E-state index contributed by atoms with van der Waals surface area (Å²) in [5.74, 6) is -0.620. The molecule has 8 nitrogen and oxygen atoms in total. The largest absolute Gasteiger partial charge is 0.508 e. The Bertz CT molecular complexity index is 1050. The SMILES string of the molecule is O=C(Cn1nc(-c2ccccc2)ccc1=O)NCCNC(=O)c1ccc(O)cc1. The molecular weight excluding hydrogens is 372 g/mol. The summed E-state index contributed by atoms with van der Waals surface area (Å²) in [7, 11) is 0. The Morgan fingerprint density at radius 3 is 2.31 bits per heavy atom. The molecule has 0 radical (unpaired) electrons. The van der Waals surface area contributed by atoms with Gasteiger partial charge in [-0.2, -0.15) is 5.10 Å². The third-order valence-corrected chi connectivity index (χ3v) is 4.09. The molecule has 3 rings (SSSR count). The molecule has 0 aliphatic rings. The molecule has 2 aromatic carbocycles. The van der Waals surface area contributed by atoms with Crippen molar-refractivity contribution < 1.29 is 14.7 Å². The number of aromatic nitrogens is 2. The number of phenols is 1. The van der Waals surface area contributed by atoms with E-state index in [1.165, 1.54) is 30.3 Å². The zero-order chi connectivity index (χ0) is 20.6. The zero-order valence-corrected chi connectivity index (χ0v) is 15.5. The standard InChI is InChI=1S/C21H20N4O4/c26-17-8-6-16(7-9-17)21(29)23-13-12-22-19(27)14-25-20(28)11-10-18(24-25)15-4-2-1-3-5-15/h1-11,26H,12-14H2,(H,22,27)(H,23,29). The van der Waals surface area contributed by atoms with E-state index >= 15 is 0 Å². The molecule has 0 saturated heterocycles. The normalized spacial score (nSPS) is 10.3. The van der Waals surface area contributed by atoms with E-state index in [9.17, 15) is 19.5 Å². The number of benzene rings is 2. The summed E-state index contributed by atoms with van der Waals surface area (Å²) in [5, 5.41) is 18.8. The number of aromatic hydroxyl groups is 1. The van der Waals surface area contributed by atoms with E-state index in [0.29, 0.717) is 11.3 Å². The second-order valence-corrected chi connectivity index (χ2v) is 6.23. The van der Waals surface area contributed by atoms with Crippen molar-refractivity contribution in [1.29, 1.82) is 0 Å². The van der Waals surface area contributed by atoms with Crippen LogP contribution in [0.4, 0.5) is 0 Å². The van der Waals surface area contributed by atoms with E-state index in [0.717, 1.165) is 10.2 Å². The summed E-state index contributed by atoms with van der Waals surface area (Å²) in [4.78, 5) is 36.0. The van der Waals surface area contributed by atoms with Crippen molar-refractivity contribution >= 4 is 11.8 Å². The van der Waals surface area contributed by atoms with Crippen LogP contribution < -0.4 is 16.2 Å². The van der Waals surface area contributed by atoms with Gasteiger partial charge < -0.3 is 15.7 Å². The van der Waals surface area contributed by atoms with Gasteiger partial charge in [0.1, 0.15) is 12.3 Å². The number of carbonyl (C=O) groups is 2. The summed E-state index contributed by atoms with van der Waals surface area (Å²) < 4.78 is 1.10. The van der Waals surface area contributed by atoms with Crippen LogP contribution in [0.5, 0.6) is 5.75 Å². The maximum absolute atomic E-state index is 12.1. The van der Waals surface area contributed by atoms with Crippen molar-refractivity contribution in [3.63, 3.8) is 0 Å². The number of hydrogen-bond acceptors (Lipinski definition) is 5. The molecule has 2 amide bonds. The number of hydrogen-bond donors (Lipinski definition) is 3. The van der Waals surface area contributed by atoms with Gasteiger partial charge in [0.05, 0.1) is 5.69 Å². The van der Waals surface area contributed by atoms with Crippen LogP contribution in [0.25, 0.3) is 11.3 Å². The number of rotatable bonds is 7. The van der Waals surface area contributed by atoms with E-state index in [-0.39, 0.29) is 42.8 Å². The van der Waals surface area contributed by atoms with Crippen molar-refractivity contribution in [3.8, 4) is 17.0 Å². The highest BCUT2D eigenvalue weighted by atomic mass is 16.3. The highest BCUT2D eigenvalue weighted by Gasteiger charge is 2.08. The van der Waals surface area contributed by atoms with E-state index in [1.54, 1.807) is 6.07 Å². The molecule has 29 heavy (non-hydrogen) atoms. The molecule has 8 heteroatoms. The fourth-order valence-corrected chi connectivity index (χ4v) is 2.61. The average Bonchev–Trinajstić information content (AvgIpc) is 2.74. The maximum Gasteiger partial charge on any atom is 0.267 e. The van der Waals surface area contributed by atoms with Crippen molar-refractivity contribution in [2.24, 2.45) is 0 Å². The molecule has 3 N–H and O–H groups in total. The lowest BCUT2D eigenvalue weighted by molar-refractivity contribution is -0.121. The minimum absolute atomic E-state index is 0.0778. The zero-order valence-electron chi connectivity index (χ0n) is 15.5. The molecule has 148 valence electrons. The van der Waals surface area contributed by atoms with Gasteiger partial charge >= 0.3 is 0 Å². The number of amides is 2. The quantitative estimate of drug-likeness (QED) is 0.522. The van der Waals surface area contributed by atoms with Crippen molar-refractivity contribution in [2.45, 2.75) is 6.54 Å². The monoisotopic (exact) mass is 392 g/mol. The van der Waals surface area contributed by atoms with Gasteiger partial charge in [-0.05, 0) is 30.3 Å². The van der Waals surface area contributed by atoms with Crippen LogP contribution >= 0.6 is 0 Å². The molecule has 3 aromatic rings. The maximum atomic E-state index is 12.1. The van der Waals surface area contributed by atoms with Gasteiger partial charge in [-0.3, -0.25) is 14.4 Å². The fourth-order valence-electron chi connectivity index (χ4n) is 2.61. The molecule has 0 fully saturated rings. The number of phenolic OH excluding ortho intramolecular Hbond substituents is 1. The smallest absolute Gasteiger partial charge is 0.267 e. The molecule has 0 saturated carbocycles. The minimum atomic E-state index is -0.385. The number of carbonyl (C=O) groups excluding carboxylic acids is 2. The van der Waals surface area contributed by atoms with Crippen molar-refractivity contribution in [1.82, 2.24) is 20.4 Å². The predicted molar refractivity (Wildman–Crippen MR) is 107 cm³/mol. The van der Waals surface area contributed by atoms with E-state index in [1.807, 2.05) is 30.3 Å². The first-order valence-electron chi connectivity index (χ1n) is 9.00. The van der Waals surface area contributed by atoms with Crippen LogP contribution in [0.1, 0.15) is 10.4 Å². The predicted octanol–water partition coefficient (Wildman–Crippen LogP) is 1.16. The van der Waals surface area contributed by atoms with Crippen LogP contribution in [0.2, 0.25) is 0 Å². The number of nitrogens with zero attached hydrogens (tertiary/aromatic N) is 2. The van der Waals surface area contributed by atoms with Gasteiger partial charge in [-0.1, -0.05) is 30.3 Å². The van der Waals surface area contributed by atoms with Gasteiger partial charge in [-0.15, -0.1) is 0 Å². The Morgan fingerprint density at radius 1 is 0.897 bits per heavy atom. The van der Waals surface area contributed by atoms with Gasteiger partial charge in [0.25, 0.3) is 11.5 Å². The average molecular weight is 392 g/mol. The lowest BCUT2D eigenvalue weighted by Gasteiger charge is -2.09. The Hall–Kier alpha value is -3.94. The minimum Gasteiger partial charge on any atom is -0.508 e. The molecule has 1 heterocycles. The summed E-state index contributed by atoms with van der Waals surface area (Å²) in [5.41, 5.74) is 1.47. The molecule has 0 atom stereocenters. The second-order valence-electron chi connectivity index (χ2n) is 6.23. The molecule has 0 unspecified atom stereocenters. The topological polar surface area (TPSA) is 113 Å². The van der Waals surface area contributed by atoms with Crippen LogP contribution in [-0.2, 0) is 11.3 Å². The Morgan fingerprint density at radius 2 is 1.59 bits per heavy atom. The first-order valence-corrected chi connectivity index (χ1v) is 9.00. The highest BCUT2D eigenvalue weighted by Crippen LogP contribution is 2.13. The van der Waals surface area contributed by atoms with Crippen molar-refractivity contribution in [2.75, 3.05) is 13.1 Å². The van der Waals surface area contributed by atoms with Crippen LogP contribution in [0.15, 0.2) is 71.5 Å². The molecule has 0 bridgehead atoms. The van der Waals surface area contributed by atoms with Gasteiger partial charge in [0.2, 0.25) is 5.91 Å². The Kier molecular flexibility index (Phi) is 6.36. The lowest BCUT2D eigenvalue weighted by Crippen LogP contribution is -2.38. The first kappa shape index (κ1) is 19.8. The summed E-state index contributed by atoms with van der Waals surface area (Å²) in [6.45, 7) is 0.207. The highest BCUT2D eigenvalue weighted by molar-refractivity contribution is 5.94. The lowest BCUT2D eigenvalue weighted by atomic mass is 10.1. The van der Waals surface area contributed by atoms with Crippen LogP contribution in [0.3, 0.4) is 0 Å².